The minimum atomic E-state index is -0.750. The molecule has 0 fully saturated rings. The third-order valence-corrected chi connectivity index (χ3v) is 2.23. The molecule has 10 N–H and O–H groups in total. The van der Waals surface area contributed by atoms with Gasteiger partial charge in [0.1, 0.15) is 5.03 Å². The summed E-state index contributed by atoms with van der Waals surface area (Å²) in [7, 11) is 0. The number of nitrogens with two attached hydrogens (primary N) is 4. The molecule has 0 spiro atoms. The van der Waals surface area contributed by atoms with Gasteiger partial charge in [-0.2, -0.15) is 4.99 Å². The summed E-state index contributed by atoms with van der Waals surface area (Å²) in [4.78, 5) is 22.5. The largest absolute Gasteiger partial charge is 0.412 e. The van der Waals surface area contributed by atoms with E-state index in [4.69, 9.17) is 22.9 Å². The fraction of sp³-hybridized carbons (Fsp3) is 0.143. The van der Waals surface area contributed by atoms with Gasteiger partial charge in [0.25, 0.3) is 0 Å². The molecule has 11 heteroatoms. The van der Waals surface area contributed by atoms with Crippen LogP contribution < -0.4 is 22.9 Å². The van der Waals surface area contributed by atoms with Crippen LogP contribution >= 0.6 is 24.2 Å². The second-order valence-corrected chi connectivity index (χ2v) is 3.49. The average Bonchev–Trinajstić information content (AvgIpc) is 2.16. The molecule has 1 aromatic rings. The number of carbonyl (C=O) groups excluding carboxylic acids is 1. The Kier molecular flexibility index (Phi) is 7.77. The normalized spacial score (nSPS) is 8.72. The molecular weight excluding hydrogens is 282 g/mol. The van der Waals surface area contributed by atoms with Crippen LogP contribution in [-0.2, 0) is 0 Å². The summed E-state index contributed by atoms with van der Waals surface area (Å²) in [6, 6.07) is 0. The number of anilines is 2. The molecule has 102 valence electrons. The quantitative estimate of drug-likeness (QED) is 0.284. The number of nitrogen functional groups attached to an aromatic ring is 2. The van der Waals surface area contributed by atoms with E-state index in [1.54, 1.807) is 6.26 Å². The minimum Gasteiger partial charge on any atom is -0.412 e. The number of halogens is 1. The number of carbonyl (C=O) groups is 1. The number of hydrogen-bond acceptors (Lipinski definition) is 6. The first-order valence-corrected chi connectivity index (χ1v) is 5.29. The lowest BCUT2D eigenvalue weighted by atomic mass is 10.4. The molecule has 0 saturated heterocycles. The minimum absolute atomic E-state index is 0. The molecule has 0 bridgehead atoms. The van der Waals surface area contributed by atoms with E-state index in [0.717, 1.165) is 0 Å². The number of thioether (sulfide) groups is 1. The summed E-state index contributed by atoms with van der Waals surface area (Å²) < 4.78 is 0. The number of rotatable bonds is 2. The van der Waals surface area contributed by atoms with Crippen molar-refractivity contribution in [2.45, 2.75) is 5.03 Å². The second kappa shape index (κ2) is 7.53. The van der Waals surface area contributed by atoms with Crippen LogP contribution in [0.3, 0.4) is 0 Å². The molecule has 0 radical (unpaired) electrons. The van der Waals surface area contributed by atoms with Crippen LogP contribution in [0.2, 0.25) is 0 Å². The summed E-state index contributed by atoms with van der Waals surface area (Å²) in [5.74, 6) is -1.06. The fourth-order valence-electron chi connectivity index (χ4n) is 0.924. The number of nitrogens with zero attached hydrogens (tertiary/aromatic N) is 3. The van der Waals surface area contributed by atoms with Crippen LogP contribution in [0.25, 0.3) is 0 Å². The van der Waals surface area contributed by atoms with Gasteiger partial charge in [-0.1, -0.05) is 0 Å². The fourth-order valence-corrected chi connectivity index (χ4v) is 1.36. The first-order valence-electron chi connectivity index (χ1n) is 4.06. The van der Waals surface area contributed by atoms with Gasteiger partial charge in [-0.05, 0) is 6.26 Å². The predicted octanol–water partition coefficient (Wildman–Crippen LogP) is -1.63. The summed E-state index contributed by atoms with van der Waals surface area (Å²) >= 11 is 1.24. The van der Waals surface area contributed by atoms with Gasteiger partial charge in [0.2, 0.25) is 0 Å². The maximum Gasteiger partial charge on any atom is 0.302 e. The summed E-state index contributed by atoms with van der Waals surface area (Å²) in [6.45, 7) is 0. The van der Waals surface area contributed by atoms with Gasteiger partial charge in [-0.3, -0.25) is 4.79 Å². The van der Waals surface area contributed by atoms with Crippen molar-refractivity contribution in [3.05, 3.63) is 5.69 Å². The van der Waals surface area contributed by atoms with Crippen molar-refractivity contribution in [2.24, 2.45) is 16.5 Å². The van der Waals surface area contributed by atoms with Crippen LogP contribution in [0.1, 0.15) is 10.5 Å². The zero-order chi connectivity index (χ0) is 12.3. The molecular formula is C7H14ClN7O2S. The van der Waals surface area contributed by atoms with E-state index in [2.05, 4.69) is 15.0 Å². The van der Waals surface area contributed by atoms with E-state index in [1.807, 2.05) is 0 Å². The monoisotopic (exact) mass is 295 g/mol. The van der Waals surface area contributed by atoms with Gasteiger partial charge >= 0.3 is 5.91 Å². The Morgan fingerprint density at radius 1 is 1.22 bits per heavy atom. The predicted molar refractivity (Wildman–Crippen MR) is 73.6 cm³/mol. The molecule has 0 aliphatic carbocycles. The Labute approximate surface area is 113 Å². The van der Waals surface area contributed by atoms with Crippen molar-refractivity contribution in [1.82, 2.24) is 9.97 Å². The Morgan fingerprint density at radius 2 is 1.78 bits per heavy atom. The lowest BCUT2D eigenvalue weighted by molar-refractivity contribution is 0.0998. The maximum absolute atomic E-state index is 11.5. The smallest absolute Gasteiger partial charge is 0.302 e. The molecule has 1 rings (SSSR count). The number of aromatic nitrogens is 2. The van der Waals surface area contributed by atoms with Crippen LogP contribution in [0, 0.1) is 0 Å². The highest BCUT2D eigenvalue weighted by Gasteiger charge is 2.15. The zero-order valence-electron chi connectivity index (χ0n) is 9.38. The van der Waals surface area contributed by atoms with Crippen LogP contribution in [-0.4, -0.2) is 33.6 Å². The standard InChI is InChI=1S/C7H11N7OS.ClH.H2O/c1-16-6-4(9)13-3(8)2(12-6)5(15)14-7(10)11;;/h1H3,(H4,8,9,13)(H4,10,11,14,15);1H;1H2. The van der Waals surface area contributed by atoms with E-state index in [0.29, 0.717) is 5.03 Å². The van der Waals surface area contributed by atoms with E-state index in [9.17, 15) is 4.79 Å². The first-order chi connectivity index (χ1) is 7.45. The van der Waals surface area contributed by atoms with Crippen LogP contribution in [0.4, 0.5) is 11.6 Å². The van der Waals surface area contributed by atoms with E-state index in [-0.39, 0.29) is 41.2 Å². The summed E-state index contributed by atoms with van der Waals surface area (Å²) in [5.41, 5.74) is 21.0. The van der Waals surface area contributed by atoms with Crippen molar-refractivity contribution in [1.29, 1.82) is 0 Å². The van der Waals surface area contributed by atoms with Crippen molar-refractivity contribution in [3.8, 4) is 0 Å². The lowest BCUT2D eigenvalue weighted by Gasteiger charge is -2.05. The molecule has 0 aliphatic heterocycles. The highest BCUT2D eigenvalue weighted by Crippen LogP contribution is 2.21. The zero-order valence-corrected chi connectivity index (χ0v) is 11.0. The number of guanidine groups is 1. The summed E-state index contributed by atoms with van der Waals surface area (Å²) in [5, 5.41) is 0.392. The summed E-state index contributed by atoms with van der Waals surface area (Å²) in [6.07, 6.45) is 1.74. The molecule has 0 aliphatic rings. The average molecular weight is 296 g/mol. The highest BCUT2D eigenvalue weighted by atomic mass is 35.5. The molecule has 1 heterocycles. The molecule has 1 amide bonds. The first kappa shape index (κ1) is 18.6. The van der Waals surface area contributed by atoms with Gasteiger partial charge in [0.15, 0.2) is 23.3 Å². The Morgan fingerprint density at radius 3 is 2.22 bits per heavy atom. The molecule has 0 saturated carbocycles. The second-order valence-electron chi connectivity index (χ2n) is 2.69. The molecule has 0 atom stereocenters. The van der Waals surface area contributed by atoms with E-state index >= 15 is 0 Å². The highest BCUT2D eigenvalue weighted by molar-refractivity contribution is 7.98. The van der Waals surface area contributed by atoms with Gasteiger partial charge in [0, 0.05) is 0 Å². The number of aliphatic imine (C=N–C) groups is 1. The van der Waals surface area contributed by atoms with Gasteiger partial charge in [0.05, 0.1) is 0 Å². The van der Waals surface area contributed by atoms with Gasteiger partial charge in [-0.25, -0.2) is 9.97 Å². The van der Waals surface area contributed by atoms with Crippen molar-refractivity contribution in [2.75, 3.05) is 17.7 Å². The van der Waals surface area contributed by atoms with Crippen molar-refractivity contribution >= 4 is 47.7 Å². The Bertz CT molecular complexity index is 463. The van der Waals surface area contributed by atoms with Gasteiger partial charge < -0.3 is 28.4 Å². The molecule has 18 heavy (non-hydrogen) atoms. The number of amides is 1. The van der Waals surface area contributed by atoms with Crippen molar-refractivity contribution < 1.29 is 10.3 Å². The Hall–Kier alpha value is -1.78. The van der Waals surface area contributed by atoms with Crippen LogP contribution in [0.15, 0.2) is 10.0 Å². The molecule has 9 nitrogen and oxygen atoms in total. The SMILES string of the molecule is CSc1nc(C(=O)N=C(N)N)c(N)nc1N.Cl.O. The maximum atomic E-state index is 11.5. The Balaban J connectivity index is 0. The van der Waals surface area contributed by atoms with Crippen molar-refractivity contribution in [3.63, 3.8) is 0 Å². The van der Waals surface area contributed by atoms with Gasteiger partial charge in [-0.15, -0.1) is 24.2 Å². The third kappa shape index (κ3) is 4.24. The van der Waals surface area contributed by atoms with Crippen LogP contribution in [0.5, 0.6) is 0 Å². The molecule has 1 aromatic heterocycles. The van der Waals surface area contributed by atoms with E-state index in [1.165, 1.54) is 11.8 Å². The van der Waals surface area contributed by atoms with E-state index < -0.39 is 5.91 Å². The third-order valence-electron chi connectivity index (χ3n) is 1.54. The topological polar surface area (TPSA) is 191 Å². The lowest BCUT2D eigenvalue weighted by Crippen LogP contribution is -2.25. The molecule has 0 aromatic carbocycles. The molecule has 0 unspecified atom stereocenters. The number of hydrogen-bond donors (Lipinski definition) is 4.